The van der Waals surface area contributed by atoms with Gasteiger partial charge in [0.2, 0.25) is 0 Å². The molecule has 1 aliphatic rings. The molecular weight excluding hydrogens is 340 g/mol. The average molecular weight is 360 g/mol. The Bertz CT molecular complexity index is 1030. The van der Waals surface area contributed by atoms with Crippen LogP contribution in [0.3, 0.4) is 0 Å². The van der Waals surface area contributed by atoms with Crippen LogP contribution in [0.15, 0.2) is 48.9 Å². The van der Waals surface area contributed by atoms with Crippen molar-refractivity contribution >= 4 is 28.3 Å². The van der Waals surface area contributed by atoms with Crippen LogP contribution in [0.25, 0.3) is 10.9 Å². The summed E-state index contributed by atoms with van der Waals surface area (Å²) in [5, 5.41) is 13.4. The van der Waals surface area contributed by atoms with Crippen molar-refractivity contribution < 1.29 is 4.79 Å². The molecule has 1 aromatic carbocycles. The molecule has 0 radical (unpaired) electrons. The third kappa shape index (κ3) is 3.29. The average Bonchev–Trinajstić information content (AvgIpc) is 3.08. The Balaban J connectivity index is 1.41. The van der Waals surface area contributed by atoms with Gasteiger partial charge in [0, 0.05) is 56.8 Å². The van der Waals surface area contributed by atoms with Crippen molar-refractivity contribution in [1.82, 2.24) is 14.5 Å². The Morgan fingerprint density at radius 1 is 1.19 bits per heavy atom. The fraction of sp³-hybridized carbons (Fsp3) is 0.250. The van der Waals surface area contributed by atoms with E-state index in [1.807, 2.05) is 42.1 Å². The topological polar surface area (TPSA) is 77.2 Å². The number of aromatic nitrogens is 2. The molecule has 1 fully saturated rings. The van der Waals surface area contributed by atoms with Gasteiger partial charge in [0.05, 0.1) is 17.4 Å². The monoisotopic (exact) mass is 360 g/mol. The van der Waals surface area contributed by atoms with Gasteiger partial charge in [-0.2, -0.15) is 5.26 Å². The van der Waals surface area contributed by atoms with Gasteiger partial charge < -0.3 is 19.7 Å². The van der Waals surface area contributed by atoms with E-state index in [9.17, 15) is 10.1 Å². The molecule has 136 valence electrons. The highest BCUT2D eigenvalue weighted by atomic mass is 16.2. The second-order valence-electron chi connectivity index (χ2n) is 6.61. The number of pyridine rings is 1. The predicted molar refractivity (Wildman–Crippen MR) is 105 cm³/mol. The number of rotatable bonds is 2. The molecule has 3 heterocycles. The van der Waals surface area contributed by atoms with Crippen LogP contribution in [0.5, 0.6) is 0 Å². The zero-order valence-electron chi connectivity index (χ0n) is 15.1. The van der Waals surface area contributed by atoms with Gasteiger partial charge in [-0.1, -0.05) is 6.07 Å². The lowest BCUT2D eigenvalue weighted by molar-refractivity contribution is 0.208. The number of nitriles is 1. The minimum Gasteiger partial charge on any atom is -0.366 e. The third-order valence-electron chi connectivity index (χ3n) is 4.97. The summed E-state index contributed by atoms with van der Waals surface area (Å²) in [6, 6.07) is 11.8. The summed E-state index contributed by atoms with van der Waals surface area (Å²) in [4.78, 5) is 20.6. The number of benzene rings is 1. The summed E-state index contributed by atoms with van der Waals surface area (Å²) in [7, 11) is 1.99. The van der Waals surface area contributed by atoms with Gasteiger partial charge in [0.25, 0.3) is 0 Å². The molecule has 0 unspecified atom stereocenters. The van der Waals surface area contributed by atoms with Crippen LogP contribution >= 0.6 is 0 Å². The highest BCUT2D eigenvalue weighted by Crippen LogP contribution is 2.22. The van der Waals surface area contributed by atoms with Crippen molar-refractivity contribution in [2.75, 3.05) is 36.4 Å². The van der Waals surface area contributed by atoms with E-state index >= 15 is 0 Å². The first-order valence-electron chi connectivity index (χ1n) is 8.86. The number of nitrogens with one attached hydrogen (secondary N) is 1. The third-order valence-corrected chi connectivity index (χ3v) is 4.97. The van der Waals surface area contributed by atoms with Crippen LogP contribution in [0, 0.1) is 11.3 Å². The summed E-state index contributed by atoms with van der Waals surface area (Å²) in [6.07, 6.45) is 5.34. The van der Waals surface area contributed by atoms with Crippen molar-refractivity contribution in [2.24, 2.45) is 7.05 Å². The second kappa shape index (κ2) is 7.00. The second-order valence-corrected chi connectivity index (χ2v) is 6.61. The number of anilines is 2. The predicted octanol–water partition coefficient (Wildman–Crippen LogP) is 2.80. The minimum absolute atomic E-state index is 0.102. The molecule has 0 saturated carbocycles. The lowest BCUT2D eigenvalue weighted by Crippen LogP contribution is -2.50. The maximum absolute atomic E-state index is 12.6. The lowest BCUT2D eigenvalue weighted by Gasteiger charge is -2.36. The summed E-state index contributed by atoms with van der Waals surface area (Å²) >= 11 is 0. The Hall–Kier alpha value is -3.53. The van der Waals surface area contributed by atoms with Gasteiger partial charge in [-0.25, -0.2) is 4.79 Å². The van der Waals surface area contributed by atoms with Crippen molar-refractivity contribution in [3.63, 3.8) is 0 Å². The van der Waals surface area contributed by atoms with Gasteiger partial charge in [-0.3, -0.25) is 4.98 Å². The number of nitrogens with zero attached hydrogens (tertiary/aromatic N) is 5. The molecule has 0 aliphatic carbocycles. The fourth-order valence-electron chi connectivity index (χ4n) is 3.43. The van der Waals surface area contributed by atoms with E-state index in [-0.39, 0.29) is 6.03 Å². The van der Waals surface area contributed by atoms with Crippen LogP contribution in [0.4, 0.5) is 16.2 Å². The molecule has 2 amide bonds. The molecule has 1 N–H and O–H groups in total. The zero-order valence-corrected chi connectivity index (χ0v) is 15.1. The normalized spacial score (nSPS) is 14.2. The van der Waals surface area contributed by atoms with E-state index in [0.717, 1.165) is 22.3 Å². The molecule has 0 bridgehead atoms. The van der Waals surface area contributed by atoms with Crippen LogP contribution in [0.2, 0.25) is 0 Å². The van der Waals surface area contributed by atoms with E-state index < -0.39 is 0 Å². The molecule has 0 atom stereocenters. The smallest absolute Gasteiger partial charge is 0.321 e. The first kappa shape index (κ1) is 16.9. The summed E-state index contributed by atoms with van der Waals surface area (Å²) in [6.45, 7) is 2.53. The molecular formula is C20H20N6O. The molecule has 1 aliphatic heterocycles. The number of piperazine rings is 1. The Morgan fingerprint density at radius 3 is 2.78 bits per heavy atom. The van der Waals surface area contributed by atoms with Crippen LogP contribution < -0.4 is 10.2 Å². The Kier molecular flexibility index (Phi) is 4.38. The summed E-state index contributed by atoms with van der Waals surface area (Å²) in [5.41, 5.74) is 3.31. The molecule has 2 aromatic heterocycles. The molecule has 7 nitrogen and oxygen atoms in total. The molecule has 3 aromatic rings. The van der Waals surface area contributed by atoms with Crippen molar-refractivity contribution in [2.45, 2.75) is 0 Å². The van der Waals surface area contributed by atoms with E-state index in [0.29, 0.717) is 31.7 Å². The standard InChI is InChI=1S/C20H20N6O/c1-24-7-5-15-2-3-17(12-18(15)24)23-20(27)26-10-8-25(9-11-26)19-14-22-6-4-16(19)13-21/h2-7,12,14H,8-11H2,1H3,(H,23,27). The quantitative estimate of drug-likeness (QED) is 0.762. The van der Waals surface area contributed by atoms with Gasteiger partial charge in [-0.05, 0) is 29.7 Å². The van der Waals surface area contributed by atoms with Crippen molar-refractivity contribution in [3.8, 4) is 6.07 Å². The van der Waals surface area contributed by atoms with E-state index in [1.165, 1.54) is 0 Å². The van der Waals surface area contributed by atoms with Crippen molar-refractivity contribution in [1.29, 1.82) is 5.26 Å². The van der Waals surface area contributed by atoms with E-state index in [2.05, 4.69) is 21.3 Å². The van der Waals surface area contributed by atoms with Crippen LogP contribution in [-0.2, 0) is 7.05 Å². The lowest BCUT2D eigenvalue weighted by atomic mass is 10.2. The van der Waals surface area contributed by atoms with Gasteiger partial charge in [0.15, 0.2) is 0 Å². The van der Waals surface area contributed by atoms with E-state index in [1.54, 1.807) is 23.4 Å². The minimum atomic E-state index is -0.102. The number of aryl methyl sites for hydroxylation is 1. The Labute approximate surface area is 157 Å². The SMILES string of the molecule is Cn1ccc2ccc(NC(=O)N3CCN(c4cnccc4C#N)CC3)cc21. The maximum atomic E-state index is 12.6. The summed E-state index contributed by atoms with van der Waals surface area (Å²) in [5.74, 6) is 0. The number of carbonyl (C=O) groups excluding carboxylic acids is 1. The number of fused-ring (bicyclic) bond motifs is 1. The number of amides is 2. The zero-order chi connectivity index (χ0) is 18.8. The molecule has 4 rings (SSSR count). The largest absolute Gasteiger partial charge is 0.366 e. The fourth-order valence-corrected chi connectivity index (χ4v) is 3.43. The number of hydrogen-bond donors (Lipinski definition) is 1. The summed E-state index contributed by atoms with van der Waals surface area (Å²) < 4.78 is 2.03. The number of urea groups is 1. The maximum Gasteiger partial charge on any atom is 0.321 e. The Morgan fingerprint density at radius 2 is 2.00 bits per heavy atom. The first-order chi connectivity index (χ1) is 13.2. The van der Waals surface area contributed by atoms with E-state index in [4.69, 9.17) is 0 Å². The highest BCUT2D eigenvalue weighted by molar-refractivity contribution is 5.93. The molecule has 27 heavy (non-hydrogen) atoms. The highest BCUT2D eigenvalue weighted by Gasteiger charge is 2.23. The first-order valence-corrected chi connectivity index (χ1v) is 8.86. The van der Waals surface area contributed by atoms with Gasteiger partial charge in [-0.15, -0.1) is 0 Å². The molecule has 0 spiro atoms. The molecule has 1 saturated heterocycles. The van der Waals surface area contributed by atoms with Crippen molar-refractivity contribution in [3.05, 3.63) is 54.5 Å². The van der Waals surface area contributed by atoms with Crippen LogP contribution in [0.1, 0.15) is 5.56 Å². The number of hydrogen-bond acceptors (Lipinski definition) is 4. The molecule has 7 heteroatoms. The van der Waals surface area contributed by atoms with Gasteiger partial charge in [0.1, 0.15) is 6.07 Å². The van der Waals surface area contributed by atoms with Gasteiger partial charge >= 0.3 is 6.03 Å². The van der Waals surface area contributed by atoms with Crippen LogP contribution in [-0.4, -0.2) is 46.7 Å². The number of carbonyl (C=O) groups is 1.